The number of hydrogen-bond acceptors (Lipinski definition) is 13. The molecule has 0 saturated carbocycles. The third-order valence-corrected chi connectivity index (χ3v) is 20.6. The van der Waals surface area contributed by atoms with Crippen LogP contribution in [-0.2, 0) is 23.7 Å². The Labute approximate surface area is 624 Å². The fourth-order valence-electron chi connectivity index (χ4n) is 13.9. The van der Waals surface area contributed by atoms with Crippen molar-refractivity contribution in [3.8, 4) is 0 Å². The molecule has 2 aliphatic rings. The molecule has 0 spiro atoms. The lowest BCUT2D eigenvalue weighted by Crippen LogP contribution is -2.65. The predicted octanol–water partition coefficient (Wildman–Crippen LogP) is 20.3. The lowest BCUT2D eigenvalue weighted by molar-refractivity contribution is -0.359. The number of aliphatic hydroxyl groups excluding tert-OH is 8. The molecule has 0 radical (unpaired) electrons. The minimum Gasteiger partial charge on any atom is -0.394 e. The number of carbonyl (C=O) groups is 1. The number of rotatable bonds is 72. The van der Waals surface area contributed by atoms with Gasteiger partial charge in [0.1, 0.15) is 48.8 Å². The summed E-state index contributed by atoms with van der Waals surface area (Å²) in [7, 11) is 0. The molecule has 1 amide bonds. The van der Waals surface area contributed by atoms with E-state index in [-0.39, 0.29) is 18.9 Å². The number of aliphatic hydroxyl groups is 8. The molecule has 12 atom stereocenters. The van der Waals surface area contributed by atoms with E-state index in [0.717, 1.165) is 77.0 Å². The maximum absolute atomic E-state index is 13.4. The monoisotopic (exact) mass is 1440 g/mol. The van der Waals surface area contributed by atoms with Gasteiger partial charge in [-0.25, -0.2) is 0 Å². The highest BCUT2D eigenvalue weighted by molar-refractivity contribution is 5.76. The van der Waals surface area contributed by atoms with Gasteiger partial charge in [-0.05, 0) is 70.6 Å². The molecule has 2 saturated heterocycles. The zero-order valence-electron chi connectivity index (χ0n) is 65.3. The third-order valence-electron chi connectivity index (χ3n) is 20.6. The molecule has 2 fully saturated rings. The van der Waals surface area contributed by atoms with E-state index in [0.29, 0.717) is 6.42 Å². The van der Waals surface area contributed by atoms with Crippen molar-refractivity contribution in [3.05, 3.63) is 85.1 Å². The minimum absolute atomic E-state index is 0.236. The van der Waals surface area contributed by atoms with Crippen molar-refractivity contribution in [2.75, 3.05) is 19.8 Å². The molecule has 102 heavy (non-hydrogen) atoms. The van der Waals surface area contributed by atoms with E-state index in [4.69, 9.17) is 18.9 Å². The number of carbonyl (C=O) groups excluding carboxylic acids is 1. The lowest BCUT2D eigenvalue weighted by Gasteiger charge is -2.46. The van der Waals surface area contributed by atoms with Gasteiger partial charge < -0.3 is 65.1 Å². The summed E-state index contributed by atoms with van der Waals surface area (Å²) < 4.78 is 23.0. The van der Waals surface area contributed by atoms with Gasteiger partial charge in [-0.3, -0.25) is 4.79 Å². The van der Waals surface area contributed by atoms with Gasteiger partial charge in [-0.1, -0.05) is 381 Å². The average molecular weight is 1440 g/mol. The van der Waals surface area contributed by atoms with Crippen LogP contribution in [0.25, 0.3) is 0 Å². The molecular formula is C88H159NO13. The van der Waals surface area contributed by atoms with Crippen LogP contribution in [0, 0.1) is 0 Å². The zero-order valence-corrected chi connectivity index (χ0v) is 65.3. The van der Waals surface area contributed by atoms with Gasteiger partial charge in [0.2, 0.25) is 5.91 Å². The quantitative estimate of drug-likeness (QED) is 0.0204. The molecule has 2 heterocycles. The molecule has 14 nitrogen and oxygen atoms in total. The SMILES string of the molecule is CC/C=C\C/C=C\C/C=C\C/C=C\C/C=C\C/C=C\CCCCCCCCCCCCCCCCCCC(=O)NC(COC1OC(CO)C(OC2OC(CO)C(O)C(O)C2O)C(O)C1O)C(O)/C=C/CCCCCCCCCCCCCCCCCCCCCCCCCCCCCCCCC. The number of hydrogen-bond donors (Lipinski definition) is 9. The highest BCUT2D eigenvalue weighted by Crippen LogP contribution is 2.30. The third kappa shape index (κ3) is 53.0. The molecule has 2 rings (SSSR count). The van der Waals surface area contributed by atoms with Crippen LogP contribution in [0.5, 0.6) is 0 Å². The van der Waals surface area contributed by atoms with Gasteiger partial charge >= 0.3 is 0 Å². The van der Waals surface area contributed by atoms with Crippen LogP contribution in [0.15, 0.2) is 85.1 Å². The first kappa shape index (κ1) is 95.2. The summed E-state index contributed by atoms with van der Waals surface area (Å²) in [6.07, 6.45) is 83.9. The molecule has 0 aromatic heterocycles. The number of ether oxygens (including phenoxy) is 4. The van der Waals surface area contributed by atoms with E-state index in [1.165, 1.54) is 270 Å². The molecule has 594 valence electrons. The Bertz CT molecular complexity index is 2040. The summed E-state index contributed by atoms with van der Waals surface area (Å²) in [6.45, 7) is 2.74. The molecule has 0 aromatic rings. The summed E-state index contributed by atoms with van der Waals surface area (Å²) in [6, 6.07) is -0.921. The van der Waals surface area contributed by atoms with Gasteiger partial charge in [0.15, 0.2) is 12.6 Å². The van der Waals surface area contributed by atoms with E-state index in [9.17, 15) is 45.6 Å². The summed E-state index contributed by atoms with van der Waals surface area (Å²) >= 11 is 0. The molecule has 12 unspecified atom stereocenters. The van der Waals surface area contributed by atoms with E-state index < -0.39 is 86.8 Å². The normalized spacial score (nSPS) is 22.1. The van der Waals surface area contributed by atoms with Gasteiger partial charge in [-0.15, -0.1) is 0 Å². The van der Waals surface area contributed by atoms with E-state index in [2.05, 4.69) is 92.1 Å². The zero-order chi connectivity index (χ0) is 73.7. The standard InChI is InChI=1S/C88H159NO13/c1-3-5-7-9-11-13-15-17-19-21-23-25-27-29-31-33-35-37-38-40-42-44-46-48-50-52-54-56-58-60-62-64-66-68-70-72-80(93)89-76(75-99-87-85(98)83(96)86(79(74-91)101-87)102-88-84(97)82(95)81(94)78(73-90)100-88)77(92)71-69-67-65-63-61-59-57-55-53-51-49-47-45-43-41-39-36-34-32-30-28-26-24-22-20-18-16-14-12-10-8-6-4-2/h5,7,11,13,17,19,23,25,29,31,35,37,69,71,76-79,81-88,90-92,94-98H,3-4,6,8-10,12,14-16,18,20-22,24,26-28,30,32-34,36,38-68,70,72-75H2,1-2H3,(H,89,93)/b7-5-,13-11-,19-17-,25-23-,31-29-,37-35-,71-69+. The maximum atomic E-state index is 13.4. The number of amides is 1. The summed E-state index contributed by atoms with van der Waals surface area (Å²) in [5, 5.41) is 87.8. The Morgan fingerprint density at radius 3 is 1.04 bits per heavy atom. The van der Waals surface area contributed by atoms with E-state index in [1.54, 1.807) is 6.08 Å². The van der Waals surface area contributed by atoms with Gasteiger partial charge in [0, 0.05) is 6.42 Å². The molecule has 0 bridgehead atoms. The Morgan fingerprint density at radius 1 is 0.363 bits per heavy atom. The fourth-order valence-corrected chi connectivity index (χ4v) is 13.9. The largest absolute Gasteiger partial charge is 0.394 e. The average Bonchev–Trinajstić information content (AvgIpc) is 0.790. The van der Waals surface area contributed by atoms with Gasteiger partial charge in [0.25, 0.3) is 0 Å². The summed E-state index contributed by atoms with van der Waals surface area (Å²) in [4.78, 5) is 13.4. The van der Waals surface area contributed by atoms with Crippen LogP contribution < -0.4 is 5.32 Å². The Balaban J connectivity index is 1.59. The summed E-state index contributed by atoms with van der Waals surface area (Å²) in [5.41, 5.74) is 0. The van der Waals surface area contributed by atoms with Crippen molar-refractivity contribution in [1.82, 2.24) is 5.32 Å². The first-order chi connectivity index (χ1) is 50.1. The van der Waals surface area contributed by atoms with Crippen LogP contribution in [0.1, 0.15) is 373 Å². The van der Waals surface area contributed by atoms with Crippen LogP contribution in [0.4, 0.5) is 0 Å². The van der Waals surface area contributed by atoms with Gasteiger partial charge in [0.05, 0.1) is 32.0 Å². The number of allylic oxidation sites excluding steroid dienone is 13. The second-order valence-corrected chi connectivity index (χ2v) is 29.9. The van der Waals surface area contributed by atoms with Crippen molar-refractivity contribution < 1.29 is 64.6 Å². The minimum atomic E-state index is -1.79. The number of unbranched alkanes of at least 4 members (excludes halogenated alkanes) is 47. The lowest BCUT2D eigenvalue weighted by atomic mass is 9.97. The van der Waals surface area contributed by atoms with Gasteiger partial charge in [-0.2, -0.15) is 0 Å². The number of nitrogens with one attached hydrogen (secondary N) is 1. The maximum Gasteiger partial charge on any atom is 0.220 e. The second kappa shape index (κ2) is 71.1. The van der Waals surface area contributed by atoms with Crippen molar-refractivity contribution in [1.29, 1.82) is 0 Å². The Kier molecular flexibility index (Phi) is 66.4. The van der Waals surface area contributed by atoms with Crippen molar-refractivity contribution in [3.63, 3.8) is 0 Å². The highest BCUT2D eigenvalue weighted by Gasteiger charge is 2.51. The molecule has 14 heteroatoms. The fraction of sp³-hybridized carbons (Fsp3) is 0.830. The predicted molar refractivity (Wildman–Crippen MR) is 424 cm³/mol. The molecule has 0 aliphatic carbocycles. The van der Waals surface area contributed by atoms with Crippen LogP contribution >= 0.6 is 0 Å². The highest BCUT2D eigenvalue weighted by atomic mass is 16.7. The van der Waals surface area contributed by atoms with Crippen LogP contribution in [0.3, 0.4) is 0 Å². The van der Waals surface area contributed by atoms with Crippen molar-refractivity contribution in [2.45, 2.75) is 447 Å². The smallest absolute Gasteiger partial charge is 0.220 e. The first-order valence-electron chi connectivity index (χ1n) is 42.8. The Hall–Kier alpha value is -2.83. The molecule has 9 N–H and O–H groups in total. The van der Waals surface area contributed by atoms with E-state index in [1.807, 2.05) is 6.08 Å². The van der Waals surface area contributed by atoms with Crippen molar-refractivity contribution in [2.24, 2.45) is 0 Å². The van der Waals surface area contributed by atoms with E-state index >= 15 is 0 Å². The van der Waals surface area contributed by atoms with Crippen molar-refractivity contribution >= 4 is 5.91 Å². The summed E-state index contributed by atoms with van der Waals surface area (Å²) in [5.74, 6) is -0.236. The van der Waals surface area contributed by atoms with Crippen LogP contribution in [-0.4, -0.2) is 140 Å². The first-order valence-corrected chi connectivity index (χ1v) is 42.8. The second-order valence-electron chi connectivity index (χ2n) is 29.9. The topological polar surface area (TPSA) is 228 Å². The molecule has 2 aliphatic heterocycles. The Morgan fingerprint density at radius 2 is 0.676 bits per heavy atom. The molecular weight excluding hydrogens is 1280 g/mol. The van der Waals surface area contributed by atoms with Crippen LogP contribution in [0.2, 0.25) is 0 Å². The molecule has 0 aromatic carbocycles.